The number of rotatable bonds is 3. The Morgan fingerprint density at radius 3 is 2.12 bits per heavy atom. The molecule has 0 N–H and O–H groups in total. The van der Waals surface area contributed by atoms with Crippen molar-refractivity contribution in [1.82, 2.24) is 10.1 Å². The van der Waals surface area contributed by atoms with Gasteiger partial charge in [0, 0.05) is 18.1 Å². The van der Waals surface area contributed by atoms with E-state index in [1.54, 1.807) is 24.3 Å². The van der Waals surface area contributed by atoms with Gasteiger partial charge in [0.05, 0.1) is 14.2 Å². The third-order valence-electron chi connectivity index (χ3n) is 5.39. The number of nitrogens with zero attached hydrogens (tertiary/aromatic N) is 2. The highest BCUT2D eigenvalue weighted by molar-refractivity contribution is 6.30. The maximum absolute atomic E-state index is 13.4. The van der Waals surface area contributed by atoms with E-state index < -0.39 is 11.5 Å². The largest absolute Gasteiger partial charge is 0.302 e. The second kappa shape index (κ2) is 6.68. The first-order valence-electron chi connectivity index (χ1n) is 8.34. The molecular formula is C18H23ClN2O4. The van der Waals surface area contributed by atoms with Gasteiger partial charge < -0.3 is 4.84 Å². The lowest BCUT2D eigenvalue weighted by Gasteiger charge is -2.40. The molecular weight excluding hydrogens is 344 g/mol. The van der Waals surface area contributed by atoms with Gasteiger partial charge in [-0.15, -0.1) is 0 Å². The molecule has 0 bridgehead atoms. The third kappa shape index (κ3) is 2.77. The summed E-state index contributed by atoms with van der Waals surface area (Å²) in [6.45, 7) is 4.90. The van der Waals surface area contributed by atoms with Crippen LogP contribution in [0.2, 0.25) is 5.02 Å². The summed E-state index contributed by atoms with van der Waals surface area (Å²) in [6, 6.07) is 3.58. The molecule has 0 aromatic heterocycles. The SMILES string of the molecule is CON1CCC2(CC1)C(=O)C(c1c(C)cc(Cl)cc1C)C(=O)N2OC. The van der Waals surface area contributed by atoms with Crippen LogP contribution in [0.3, 0.4) is 0 Å². The Kier molecular flexibility index (Phi) is 4.90. The predicted molar refractivity (Wildman–Crippen MR) is 93.1 cm³/mol. The smallest absolute Gasteiger partial charge is 0.262 e. The maximum atomic E-state index is 13.4. The molecule has 0 aliphatic carbocycles. The van der Waals surface area contributed by atoms with Gasteiger partial charge in [0.1, 0.15) is 11.5 Å². The van der Waals surface area contributed by atoms with Crippen molar-refractivity contribution in [2.24, 2.45) is 0 Å². The van der Waals surface area contributed by atoms with Crippen molar-refractivity contribution in [3.63, 3.8) is 0 Å². The highest BCUT2D eigenvalue weighted by atomic mass is 35.5. The van der Waals surface area contributed by atoms with E-state index in [-0.39, 0.29) is 11.7 Å². The van der Waals surface area contributed by atoms with Crippen LogP contribution in [0.15, 0.2) is 12.1 Å². The van der Waals surface area contributed by atoms with Gasteiger partial charge in [-0.3, -0.25) is 14.4 Å². The third-order valence-corrected chi connectivity index (χ3v) is 5.61. The number of Topliss-reactive ketones (excluding diaryl/α,β-unsaturated/α-hetero) is 1. The Balaban J connectivity index is 2.04. The minimum Gasteiger partial charge on any atom is -0.302 e. The number of piperidine rings is 1. The molecule has 0 saturated carbocycles. The molecule has 2 fully saturated rings. The summed E-state index contributed by atoms with van der Waals surface area (Å²) in [5, 5.41) is 3.69. The molecule has 2 aliphatic rings. The Hall–Kier alpha value is -1.47. The summed E-state index contributed by atoms with van der Waals surface area (Å²) in [4.78, 5) is 37.1. The number of carbonyl (C=O) groups is 2. The lowest BCUT2D eigenvalue weighted by atomic mass is 9.79. The van der Waals surface area contributed by atoms with Crippen molar-refractivity contribution < 1.29 is 19.3 Å². The average Bonchev–Trinajstić information content (AvgIpc) is 2.76. The maximum Gasteiger partial charge on any atom is 0.262 e. The van der Waals surface area contributed by atoms with Crippen molar-refractivity contribution in [3.8, 4) is 0 Å². The highest BCUT2D eigenvalue weighted by Gasteiger charge is 2.60. The Bertz CT molecular complexity index is 690. The Morgan fingerprint density at radius 1 is 1.08 bits per heavy atom. The highest BCUT2D eigenvalue weighted by Crippen LogP contribution is 2.44. The Morgan fingerprint density at radius 2 is 1.64 bits per heavy atom. The van der Waals surface area contributed by atoms with Crippen molar-refractivity contribution >= 4 is 23.3 Å². The van der Waals surface area contributed by atoms with Crippen molar-refractivity contribution in [1.29, 1.82) is 0 Å². The quantitative estimate of drug-likeness (QED) is 0.769. The fraction of sp³-hybridized carbons (Fsp3) is 0.556. The summed E-state index contributed by atoms with van der Waals surface area (Å²) in [7, 11) is 3.05. The first-order chi connectivity index (χ1) is 11.9. The molecule has 1 aromatic rings. The second-order valence-corrected chi connectivity index (χ2v) is 7.15. The number of hydrogen-bond acceptors (Lipinski definition) is 5. The van der Waals surface area contributed by atoms with Gasteiger partial charge in [-0.1, -0.05) is 11.6 Å². The standard InChI is InChI=1S/C18H23ClN2O4/c1-11-9-13(19)10-12(2)14(11)15-16(22)18(21(25-4)17(15)23)5-7-20(24-3)8-6-18/h9-10,15H,5-8H2,1-4H3. The minimum atomic E-state index is -0.927. The molecule has 1 spiro atoms. The van der Waals surface area contributed by atoms with E-state index >= 15 is 0 Å². The number of ketones is 1. The van der Waals surface area contributed by atoms with Crippen LogP contribution in [0.5, 0.6) is 0 Å². The number of carbonyl (C=O) groups excluding carboxylic acids is 2. The molecule has 1 amide bonds. The number of hydrogen-bond donors (Lipinski definition) is 0. The van der Waals surface area contributed by atoms with Crippen LogP contribution >= 0.6 is 11.6 Å². The fourth-order valence-electron chi connectivity index (χ4n) is 4.19. The van der Waals surface area contributed by atoms with E-state index in [1.807, 2.05) is 13.8 Å². The molecule has 136 valence electrons. The molecule has 6 nitrogen and oxygen atoms in total. The molecule has 0 radical (unpaired) electrons. The molecule has 7 heteroatoms. The number of halogens is 1. The van der Waals surface area contributed by atoms with Crippen LogP contribution in [-0.4, -0.2) is 54.7 Å². The van der Waals surface area contributed by atoms with E-state index in [0.717, 1.165) is 16.7 Å². The van der Waals surface area contributed by atoms with Crippen molar-refractivity contribution in [3.05, 3.63) is 33.8 Å². The van der Waals surface area contributed by atoms with E-state index in [4.69, 9.17) is 21.3 Å². The average molecular weight is 367 g/mol. The topological polar surface area (TPSA) is 59.1 Å². The first kappa shape index (κ1) is 18.3. The molecule has 1 unspecified atom stereocenters. The molecule has 1 atom stereocenters. The van der Waals surface area contributed by atoms with Gasteiger partial charge in [0.2, 0.25) is 0 Å². The van der Waals surface area contributed by atoms with Gasteiger partial charge >= 0.3 is 0 Å². The normalized spacial score (nSPS) is 23.7. The van der Waals surface area contributed by atoms with Crippen molar-refractivity contribution in [2.45, 2.75) is 38.1 Å². The lowest BCUT2D eigenvalue weighted by Crippen LogP contribution is -2.55. The first-order valence-corrected chi connectivity index (χ1v) is 8.71. The zero-order valence-corrected chi connectivity index (χ0v) is 15.7. The summed E-state index contributed by atoms with van der Waals surface area (Å²) in [5.74, 6) is -1.23. The fourth-order valence-corrected chi connectivity index (χ4v) is 4.52. The van der Waals surface area contributed by atoms with E-state index in [0.29, 0.717) is 31.0 Å². The summed E-state index contributed by atoms with van der Waals surface area (Å²) < 4.78 is 0. The van der Waals surface area contributed by atoms with Crippen LogP contribution in [0.1, 0.15) is 35.4 Å². The summed E-state index contributed by atoms with van der Waals surface area (Å²) >= 11 is 6.11. The van der Waals surface area contributed by atoms with Gasteiger partial charge in [-0.2, -0.15) is 5.06 Å². The van der Waals surface area contributed by atoms with Crippen LogP contribution in [0.4, 0.5) is 0 Å². The van der Waals surface area contributed by atoms with E-state index in [9.17, 15) is 9.59 Å². The van der Waals surface area contributed by atoms with Crippen molar-refractivity contribution in [2.75, 3.05) is 27.3 Å². The zero-order chi connectivity index (χ0) is 18.4. The van der Waals surface area contributed by atoms with E-state index in [2.05, 4.69) is 0 Å². The number of aryl methyl sites for hydroxylation is 2. The molecule has 1 aromatic carbocycles. The van der Waals surface area contributed by atoms with Gasteiger partial charge in [-0.05, 0) is 55.5 Å². The van der Waals surface area contributed by atoms with Gasteiger partial charge in [-0.25, -0.2) is 5.06 Å². The number of hydroxylamine groups is 4. The van der Waals surface area contributed by atoms with Gasteiger partial charge in [0.25, 0.3) is 5.91 Å². The molecule has 2 heterocycles. The van der Waals surface area contributed by atoms with Crippen LogP contribution in [-0.2, 0) is 19.3 Å². The molecule has 2 aliphatic heterocycles. The summed E-state index contributed by atoms with van der Waals surface area (Å²) in [6.07, 6.45) is 0.975. The van der Waals surface area contributed by atoms with Crippen LogP contribution < -0.4 is 0 Å². The van der Waals surface area contributed by atoms with E-state index in [1.165, 1.54) is 12.2 Å². The van der Waals surface area contributed by atoms with Crippen LogP contribution in [0.25, 0.3) is 0 Å². The predicted octanol–water partition coefficient (Wildman–Crippen LogP) is 2.41. The lowest BCUT2D eigenvalue weighted by molar-refractivity contribution is -0.219. The molecule has 2 saturated heterocycles. The zero-order valence-electron chi connectivity index (χ0n) is 15.0. The van der Waals surface area contributed by atoms with Gasteiger partial charge in [0.15, 0.2) is 5.78 Å². The number of amides is 1. The Labute approximate surface area is 152 Å². The molecule has 25 heavy (non-hydrogen) atoms. The second-order valence-electron chi connectivity index (χ2n) is 6.71. The summed E-state index contributed by atoms with van der Waals surface area (Å²) in [5.41, 5.74) is 1.51. The monoisotopic (exact) mass is 366 g/mol. The van der Waals surface area contributed by atoms with Crippen LogP contribution in [0, 0.1) is 13.8 Å². The minimum absolute atomic E-state index is 0.0939. The number of benzene rings is 1. The molecule has 3 rings (SSSR count).